The smallest absolute Gasteiger partial charge is 0.243 e. The summed E-state index contributed by atoms with van der Waals surface area (Å²) < 4.78 is 0. The van der Waals surface area contributed by atoms with E-state index in [4.69, 9.17) is 0 Å². The minimum atomic E-state index is 0.0285. The van der Waals surface area contributed by atoms with E-state index in [1.54, 1.807) is 6.21 Å². The Hall–Kier alpha value is -2.68. The fourth-order valence-electron chi connectivity index (χ4n) is 2.79. The van der Waals surface area contributed by atoms with Crippen LogP contribution in [-0.4, -0.2) is 12.1 Å². The van der Waals surface area contributed by atoms with Gasteiger partial charge in [0.2, 0.25) is 5.91 Å². The summed E-state index contributed by atoms with van der Waals surface area (Å²) in [5.74, 6) is 0.196. The van der Waals surface area contributed by atoms with E-state index in [0.29, 0.717) is 0 Å². The molecule has 1 N–H and O–H groups in total. The van der Waals surface area contributed by atoms with Gasteiger partial charge in [0.15, 0.2) is 0 Å². The molecule has 1 aliphatic carbocycles. The van der Waals surface area contributed by atoms with Gasteiger partial charge in [-0.05, 0) is 40.5 Å². The predicted molar refractivity (Wildman–Crippen MR) is 89.9 cm³/mol. The molecule has 3 aromatic carbocycles. The lowest BCUT2D eigenvalue weighted by Gasteiger charge is -2.07. The average Bonchev–Trinajstić information content (AvgIpc) is 3.39. The number of hydrogen-bond donors (Lipinski definition) is 1. The largest absolute Gasteiger partial charge is 0.273 e. The van der Waals surface area contributed by atoms with E-state index >= 15 is 0 Å². The summed E-state index contributed by atoms with van der Waals surface area (Å²) in [6.45, 7) is 0. The molecule has 3 aromatic rings. The number of carbonyl (C=O) groups is 1. The van der Waals surface area contributed by atoms with Gasteiger partial charge in [-0.3, -0.25) is 4.79 Å². The Morgan fingerprint density at radius 2 is 1.59 bits per heavy atom. The summed E-state index contributed by atoms with van der Waals surface area (Å²) in [7, 11) is 0. The first kappa shape index (κ1) is 13.0. The summed E-state index contributed by atoms with van der Waals surface area (Å²) in [6, 6.07) is 18.7. The van der Waals surface area contributed by atoms with Crippen molar-refractivity contribution < 1.29 is 4.79 Å². The van der Waals surface area contributed by atoms with Crippen molar-refractivity contribution >= 4 is 33.7 Å². The zero-order valence-corrected chi connectivity index (χ0v) is 12.1. The SMILES string of the molecule is O=C(N/N=C\c1c2ccccc2cc2ccccc12)C1CC1. The van der Waals surface area contributed by atoms with Gasteiger partial charge in [0.05, 0.1) is 6.21 Å². The van der Waals surface area contributed by atoms with Crippen LogP contribution < -0.4 is 5.43 Å². The summed E-state index contributed by atoms with van der Waals surface area (Å²) in [4.78, 5) is 11.7. The molecule has 108 valence electrons. The molecule has 1 amide bonds. The van der Waals surface area contributed by atoms with Gasteiger partial charge in [-0.1, -0.05) is 48.5 Å². The maximum atomic E-state index is 11.7. The number of nitrogens with one attached hydrogen (secondary N) is 1. The lowest BCUT2D eigenvalue weighted by molar-refractivity contribution is -0.122. The summed E-state index contributed by atoms with van der Waals surface area (Å²) in [6.07, 6.45) is 3.74. The number of fused-ring (bicyclic) bond motifs is 2. The third kappa shape index (κ3) is 2.35. The van der Waals surface area contributed by atoms with E-state index in [2.05, 4.69) is 40.9 Å². The monoisotopic (exact) mass is 288 g/mol. The van der Waals surface area contributed by atoms with Crippen molar-refractivity contribution in [2.24, 2.45) is 11.0 Å². The highest BCUT2D eigenvalue weighted by atomic mass is 16.2. The first-order valence-corrected chi connectivity index (χ1v) is 7.56. The fraction of sp³-hybridized carbons (Fsp3) is 0.158. The predicted octanol–water partition coefficient (Wildman–Crippen LogP) is 3.85. The Morgan fingerprint density at radius 1 is 1.00 bits per heavy atom. The number of benzene rings is 3. The quantitative estimate of drug-likeness (QED) is 0.444. The highest BCUT2D eigenvalue weighted by molar-refractivity contribution is 6.13. The standard InChI is InChI=1S/C19H16N2O/c22-19(13-9-10-13)21-20-12-18-16-7-3-1-5-14(16)11-15-6-2-4-8-17(15)18/h1-8,11-13H,9-10H2,(H,21,22)/b20-12-. The van der Waals surface area contributed by atoms with E-state index < -0.39 is 0 Å². The average molecular weight is 288 g/mol. The second-order valence-corrected chi connectivity index (χ2v) is 5.74. The molecule has 0 saturated heterocycles. The zero-order valence-electron chi connectivity index (χ0n) is 12.1. The number of nitrogens with zero attached hydrogens (tertiary/aromatic N) is 1. The molecule has 0 unspecified atom stereocenters. The maximum Gasteiger partial charge on any atom is 0.243 e. The minimum absolute atomic E-state index is 0.0285. The molecular weight excluding hydrogens is 272 g/mol. The van der Waals surface area contributed by atoms with Crippen molar-refractivity contribution in [1.29, 1.82) is 0 Å². The fourth-order valence-corrected chi connectivity index (χ4v) is 2.79. The van der Waals surface area contributed by atoms with Gasteiger partial charge < -0.3 is 0 Å². The number of hydrogen-bond acceptors (Lipinski definition) is 2. The molecule has 0 heterocycles. The van der Waals surface area contributed by atoms with Gasteiger partial charge in [0.1, 0.15) is 0 Å². The highest BCUT2D eigenvalue weighted by Crippen LogP contribution is 2.29. The first-order chi connectivity index (χ1) is 10.8. The van der Waals surface area contributed by atoms with Gasteiger partial charge in [-0.2, -0.15) is 5.10 Å². The van der Waals surface area contributed by atoms with E-state index in [-0.39, 0.29) is 11.8 Å². The third-order valence-corrected chi connectivity index (χ3v) is 4.13. The number of amides is 1. The lowest BCUT2D eigenvalue weighted by Crippen LogP contribution is -2.19. The van der Waals surface area contributed by atoms with Gasteiger partial charge in [0.25, 0.3) is 0 Å². The molecule has 22 heavy (non-hydrogen) atoms. The molecule has 1 saturated carbocycles. The molecular formula is C19H16N2O. The molecule has 0 spiro atoms. The van der Waals surface area contributed by atoms with E-state index in [9.17, 15) is 4.79 Å². The van der Waals surface area contributed by atoms with Gasteiger partial charge in [-0.15, -0.1) is 0 Å². The Bertz CT molecular complexity index is 840. The van der Waals surface area contributed by atoms with Crippen LogP contribution in [0.5, 0.6) is 0 Å². The van der Waals surface area contributed by atoms with Crippen LogP contribution in [0.2, 0.25) is 0 Å². The Labute approximate surface area is 128 Å². The Balaban J connectivity index is 1.81. The van der Waals surface area contributed by atoms with Crippen LogP contribution in [0.15, 0.2) is 59.7 Å². The van der Waals surface area contributed by atoms with Gasteiger partial charge in [0, 0.05) is 11.5 Å². The van der Waals surface area contributed by atoms with Crippen LogP contribution in [0.3, 0.4) is 0 Å². The summed E-state index contributed by atoms with van der Waals surface area (Å²) in [5, 5.41) is 8.82. The second-order valence-electron chi connectivity index (χ2n) is 5.74. The molecule has 0 bridgehead atoms. The highest BCUT2D eigenvalue weighted by Gasteiger charge is 2.29. The number of carbonyl (C=O) groups excluding carboxylic acids is 1. The normalized spacial score (nSPS) is 14.7. The van der Waals surface area contributed by atoms with Crippen LogP contribution in [0, 0.1) is 5.92 Å². The van der Waals surface area contributed by atoms with Crippen LogP contribution in [-0.2, 0) is 4.79 Å². The zero-order chi connectivity index (χ0) is 14.9. The molecule has 3 nitrogen and oxygen atoms in total. The Morgan fingerprint density at radius 3 is 2.18 bits per heavy atom. The second kappa shape index (κ2) is 5.26. The summed E-state index contributed by atoms with van der Waals surface area (Å²) in [5.41, 5.74) is 3.70. The summed E-state index contributed by atoms with van der Waals surface area (Å²) >= 11 is 0. The number of rotatable bonds is 3. The van der Waals surface area contributed by atoms with Crippen LogP contribution in [0.4, 0.5) is 0 Å². The molecule has 0 atom stereocenters. The van der Waals surface area contributed by atoms with Crippen molar-refractivity contribution in [3.8, 4) is 0 Å². The van der Waals surface area contributed by atoms with Crippen LogP contribution in [0.25, 0.3) is 21.5 Å². The van der Waals surface area contributed by atoms with Crippen molar-refractivity contribution in [3.63, 3.8) is 0 Å². The van der Waals surface area contributed by atoms with Crippen molar-refractivity contribution in [2.75, 3.05) is 0 Å². The maximum absolute atomic E-state index is 11.7. The third-order valence-electron chi connectivity index (χ3n) is 4.13. The molecule has 3 heteroatoms. The molecule has 1 aliphatic rings. The Kier molecular flexibility index (Phi) is 3.11. The van der Waals surface area contributed by atoms with Crippen LogP contribution in [0.1, 0.15) is 18.4 Å². The van der Waals surface area contributed by atoms with Gasteiger partial charge >= 0.3 is 0 Å². The van der Waals surface area contributed by atoms with E-state index in [1.165, 1.54) is 10.8 Å². The first-order valence-electron chi connectivity index (χ1n) is 7.56. The van der Waals surface area contributed by atoms with Crippen molar-refractivity contribution in [1.82, 2.24) is 5.43 Å². The molecule has 4 rings (SSSR count). The van der Waals surface area contributed by atoms with E-state index in [0.717, 1.165) is 29.2 Å². The lowest BCUT2D eigenvalue weighted by atomic mass is 9.97. The van der Waals surface area contributed by atoms with Gasteiger partial charge in [-0.25, -0.2) is 5.43 Å². The van der Waals surface area contributed by atoms with Crippen LogP contribution >= 0.6 is 0 Å². The number of hydrazone groups is 1. The van der Waals surface area contributed by atoms with Crippen molar-refractivity contribution in [2.45, 2.75) is 12.8 Å². The molecule has 1 fully saturated rings. The molecule has 0 radical (unpaired) electrons. The molecule has 0 aliphatic heterocycles. The topological polar surface area (TPSA) is 41.5 Å². The van der Waals surface area contributed by atoms with Crippen molar-refractivity contribution in [3.05, 3.63) is 60.2 Å². The minimum Gasteiger partial charge on any atom is -0.273 e. The molecule has 0 aromatic heterocycles. The van der Waals surface area contributed by atoms with E-state index in [1.807, 2.05) is 24.3 Å².